The molecule has 120 valence electrons. The van der Waals surface area contributed by atoms with Gasteiger partial charge in [0.05, 0.1) is 12.7 Å². The van der Waals surface area contributed by atoms with E-state index in [-0.39, 0.29) is 12.3 Å². The molecule has 0 aromatic carbocycles. The van der Waals surface area contributed by atoms with Crippen molar-refractivity contribution >= 4 is 5.96 Å². The Balaban J connectivity index is 2.05. The van der Waals surface area contributed by atoms with E-state index in [2.05, 4.69) is 12.0 Å². The van der Waals surface area contributed by atoms with Gasteiger partial charge >= 0.3 is 0 Å². The van der Waals surface area contributed by atoms with Crippen LogP contribution in [0.15, 0.2) is 5.10 Å². The average Bonchev–Trinajstić information content (AvgIpc) is 2.97. The monoisotopic (exact) mass is 300 g/mol. The largest absolute Gasteiger partial charge is 0.378 e. The number of hydrogen-bond donors (Lipinski definition) is 0. The van der Waals surface area contributed by atoms with Crippen LogP contribution >= 0.6 is 0 Å². The Labute approximate surface area is 124 Å². The summed E-state index contributed by atoms with van der Waals surface area (Å²) >= 11 is 0. The maximum absolute atomic E-state index is 10.8. The highest BCUT2D eigenvalue weighted by Gasteiger charge is 2.35. The minimum absolute atomic E-state index is 0.211. The zero-order valence-corrected chi connectivity index (χ0v) is 12.9. The summed E-state index contributed by atoms with van der Waals surface area (Å²) < 4.78 is 11.1. The van der Waals surface area contributed by atoms with Crippen molar-refractivity contribution in [1.29, 1.82) is 0 Å². The van der Waals surface area contributed by atoms with Crippen LogP contribution in [0.2, 0.25) is 0 Å². The van der Waals surface area contributed by atoms with Gasteiger partial charge in [0.1, 0.15) is 11.3 Å². The first kappa shape index (κ1) is 16.0. The molecule has 0 aromatic rings. The molecule has 0 radical (unpaired) electrons. The minimum atomic E-state index is -0.632. The molecule has 0 amide bonds. The van der Waals surface area contributed by atoms with Gasteiger partial charge in [-0.2, -0.15) is 0 Å². The Kier molecular flexibility index (Phi) is 5.35. The van der Waals surface area contributed by atoms with E-state index in [4.69, 9.17) is 9.47 Å². The SMILES string of the molecule is CCOC(C)N1CCN(CC2COC(C)C2)C1=N[N+](=O)[O-]. The quantitative estimate of drug-likeness (QED) is 0.537. The second-order valence-corrected chi connectivity index (χ2v) is 5.58. The number of nitrogens with zero attached hydrogens (tertiary/aromatic N) is 4. The lowest BCUT2D eigenvalue weighted by atomic mass is 10.1. The third-order valence-corrected chi connectivity index (χ3v) is 3.93. The Hall–Kier alpha value is -1.41. The summed E-state index contributed by atoms with van der Waals surface area (Å²) in [5.41, 5.74) is 0. The number of hydrazone groups is 1. The van der Waals surface area contributed by atoms with Gasteiger partial charge in [-0.15, -0.1) is 0 Å². The van der Waals surface area contributed by atoms with E-state index in [0.29, 0.717) is 31.6 Å². The first-order valence-electron chi connectivity index (χ1n) is 7.49. The van der Waals surface area contributed by atoms with Crippen molar-refractivity contribution in [3.63, 3.8) is 0 Å². The van der Waals surface area contributed by atoms with Crippen molar-refractivity contribution < 1.29 is 14.5 Å². The van der Waals surface area contributed by atoms with Gasteiger partial charge in [-0.05, 0) is 27.2 Å². The van der Waals surface area contributed by atoms with Gasteiger partial charge in [0, 0.05) is 32.2 Å². The Morgan fingerprint density at radius 1 is 1.57 bits per heavy atom. The van der Waals surface area contributed by atoms with E-state index in [1.807, 2.05) is 23.6 Å². The number of ether oxygens (including phenoxy) is 2. The fourth-order valence-corrected chi connectivity index (χ4v) is 3.00. The molecule has 0 spiro atoms. The molecule has 0 bridgehead atoms. The van der Waals surface area contributed by atoms with E-state index in [1.165, 1.54) is 0 Å². The Bertz CT molecular complexity index is 404. The lowest BCUT2D eigenvalue weighted by Crippen LogP contribution is -2.42. The van der Waals surface area contributed by atoms with Crippen LogP contribution in [0.25, 0.3) is 0 Å². The van der Waals surface area contributed by atoms with Crippen LogP contribution < -0.4 is 0 Å². The predicted octanol–water partition coefficient (Wildman–Crippen LogP) is 0.959. The third-order valence-electron chi connectivity index (χ3n) is 3.93. The van der Waals surface area contributed by atoms with Crippen molar-refractivity contribution in [2.45, 2.75) is 39.5 Å². The summed E-state index contributed by atoms with van der Waals surface area (Å²) in [5.74, 6) is 0.805. The first-order chi connectivity index (χ1) is 10.0. The summed E-state index contributed by atoms with van der Waals surface area (Å²) in [5, 5.41) is 13.8. The highest BCUT2D eigenvalue weighted by molar-refractivity contribution is 5.81. The van der Waals surface area contributed by atoms with Crippen LogP contribution in [-0.4, -0.2) is 66.0 Å². The highest BCUT2D eigenvalue weighted by Crippen LogP contribution is 2.23. The molecule has 2 heterocycles. The second-order valence-electron chi connectivity index (χ2n) is 5.58. The number of guanidine groups is 1. The van der Waals surface area contributed by atoms with Crippen LogP contribution in [0, 0.1) is 16.0 Å². The topological polar surface area (TPSA) is 80.4 Å². The molecule has 2 aliphatic rings. The molecular formula is C13H24N4O4. The second kappa shape index (κ2) is 7.04. The molecule has 0 aliphatic carbocycles. The summed E-state index contributed by atoms with van der Waals surface area (Å²) in [6.07, 6.45) is 1.05. The smallest absolute Gasteiger partial charge is 0.276 e. The molecule has 8 nitrogen and oxygen atoms in total. The van der Waals surface area contributed by atoms with Gasteiger partial charge in [0.25, 0.3) is 5.96 Å². The van der Waals surface area contributed by atoms with Gasteiger partial charge in [0.15, 0.2) is 5.03 Å². The van der Waals surface area contributed by atoms with E-state index in [1.54, 1.807) is 0 Å². The molecule has 8 heteroatoms. The highest BCUT2D eigenvalue weighted by atomic mass is 16.7. The van der Waals surface area contributed by atoms with Crippen molar-refractivity contribution in [2.75, 3.05) is 32.8 Å². The number of rotatable bonds is 6. The molecule has 2 aliphatic heterocycles. The van der Waals surface area contributed by atoms with E-state index in [0.717, 1.165) is 19.5 Å². The Morgan fingerprint density at radius 2 is 2.33 bits per heavy atom. The predicted molar refractivity (Wildman–Crippen MR) is 77.3 cm³/mol. The van der Waals surface area contributed by atoms with Crippen LogP contribution in [0.1, 0.15) is 27.2 Å². The lowest BCUT2D eigenvalue weighted by molar-refractivity contribution is -0.486. The van der Waals surface area contributed by atoms with Gasteiger partial charge in [0.2, 0.25) is 0 Å². The number of nitro groups is 1. The van der Waals surface area contributed by atoms with Crippen molar-refractivity contribution in [2.24, 2.45) is 11.0 Å². The number of hydrogen-bond acceptors (Lipinski definition) is 4. The molecule has 2 rings (SSSR count). The van der Waals surface area contributed by atoms with Gasteiger partial charge in [-0.3, -0.25) is 0 Å². The van der Waals surface area contributed by atoms with Gasteiger partial charge in [-0.1, -0.05) is 0 Å². The average molecular weight is 300 g/mol. The molecule has 2 saturated heterocycles. The Morgan fingerprint density at radius 3 is 2.90 bits per heavy atom. The molecular weight excluding hydrogens is 276 g/mol. The van der Waals surface area contributed by atoms with Gasteiger partial charge in [-0.25, -0.2) is 10.1 Å². The van der Waals surface area contributed by atoms with E-state index >= 15 is 0 Å². The van der Waals surface area contributed by atoms with Crippen molar-refractivity contribution in [3.8, 4) is 0 Å². The summed E-state index contributed by atoms with van der Waals surface area (Å²) in [6, 6.07) is 0. The van der Waals surface area contributed by atoms with E-state index in [9.17, 15) is 10.1 Å². The standard InChI is InChI=1S/C13H24N4O4/c1-4-20-11(3)16-6-5-15(13(16)14-17(18)19)8-12-7-10(2)21-9-12/h10-12H,4-9H2,1-3H3. The van der Waals surface area contributed by atoms with Crippen LogP contribution in [-0.2, 0) is 9.47 Å². The summed E-state index contributed by atoms with van der Waals surface area (Å²) in [4.78, 5) is 14.6. The molecule has 21 heavy (non-hydrogen) atoms. The van der Waals surface area contributed by atoms with E-state index < -0.39 is 5.03 Å². The van der Waals surface area contributed by atoms with Gasteiger partial charge < -0.3 is 19.3 Å². The third kappa shape index (κ3) is 4.04. The lowest BCUT2D eigenvalue weighted by Gasteiger charge is -2.26. The molecule has 0 N–H and O–H groups in total. The fourth-order valence-electron chi connectivity index (χ4n) is 3.00. The maximum Gasteiger partial charge on any atom is 0.276 e. The van der Waals surface area contributed by atoms with Crippen molar-refractivity contribution in [3.05, 3.63) is 10.1 Å². The minimum Gasteiger partial charge on any atom is -0.378 e. The molecule has 3 unspecified atom stereocenters. The van der Waals surface area contributed by atoms with Crippen LogP contribution in [0.3, 0.4) is 0 Å². The van der Waals surface area contributed by atoms with Crippen LogP contribution in [0.4, 0.5) is 0 Å². The zero-order valence-electron chi connectivity index (χ0n) is 12.9. The normalized spacial score (nSPS) is 29.4. The molecule has 3 atom stereocenters. The molecule has 2 fully saturated rings. The fraction of sp³-hybridized carbons (Fsp3) is 0.923. The molecule has 0 aromatic heterocycles. The maximum atomic E-state index is 10.8. The van der Waals surface area contributed by atoms with Crippen molar-refractivity contribution in [1.82, 2.24) is 9.80 Å². The summed E-state index contributed by atoms with van der Waals surface area (Å²) in [6.45, 7) is 9.30. The zero-order chi connectivity index (χ0) is 15.4. The first-order valence-corrected chi connectivity index (χ1v) is 7.49. The summed E-state index contributed by atoms with van der Waals surface area (Å²) in [7, 11) is 0. The molecule has 0 saturated carbocycles. The van der Waals surface area contributed by atoms with Crippen LogP contribution in [0.5, 0.6) is 0 Å².